The maximum atomic E-state index is 5.72. The van der Waals surface area contributed by atoms with Crippen molar-refractivity contribution in [1.29, 1.82) is 0 Å². The molecule has 0 saturated carbocycles. The lowest BCUT2D eigenvalue weighted by Crippen LogP contribution is -2.45. The van der Waals surface area contributed by atoms with E-state index in [1.807, 2.05) is 6.07 Å². The van der Waals surface area contributed by atoms with Crippen LogP contribution >= 0.6 is 35.7 Å². The Bertz CT molecular complexity index is 671. The third kappa shape index (κ3) is 6.03. The Hall–Kier alpha value is -0.980. The van der Waals surface area contributed by atoms with E-state index in [0.717, 1.165) is 33.2 Å². The Morgan fingerprint density at radius 3 is 2.88 bits per heavy atom. The van der Waals surface area contributed by atoms with Crippen LogP contribution in [0.1, 0.15) is 39.2 Å². The highest BCUT2D eigenvalue weighted by Crippen LogP contribution is 2.35. The van der Waals surface area contributed by atoms with Crippen molar-refractivity contribution in [1.82, 2.24) is 4.90 Å². The predicted molar refractivity (Wildman–Crippen MR) is 122 cm³/mol. The average molecular weight is 409 g/mol. The molecule has 142 valence electrons. The van der Waals surface area contributed by atoms with Gasteiger partial charge in [0.1, 0.15) is 4.32 Å². The van der Waals surface area contributed by atoms with E-state index in [2.05, 4.69) is 57.4 Å². The van der Waals surface area contributed by atoms with Crippen LogP contribution in [-0.4, -0.2) is 39.0 Å². The number of para-hydroxylation sites is 1. The standard InChI is InChI=1S/C20H28N2OS3/c1-6-23-11-12-25-19(24)22-13-20(4,5)14-26-18(22)21-17-10-8-7-9-16(17)15(2)3/h6-10,15H,1,11-14H2,2-5H3. The number of ether oxygens (including phenoxy) is 1. The SMILES string of the molecule is C=COCCSC(=S)N1CC(C)(C)CSC1=Nc1ccccc1C(C)C. The van der Waals surface area contributed by atoms with Crippen molar-refractivity contribution < 1.29 is 4.74 Å². The molecule has 6 heteroatoms. The minimum Gasteiger partial charge on any atom is -0.501 e. The summed E-state index contributed by atoms with van der Waals surface area (Å²) in [7, 11) is 0. The number of hydrogen-bond donors (Lipinski definition) is 0. The highest BCUT2D eigenvalue weighted by Gasteiger charge is 2.33. The molecule has 0 atom stereocenters. The Morgan fingerprint density at radius 1 is 1.46 bits per heavy atom. The van der Waals surface area contributed by atoms with Crippen molar-refractivity contribution in [3.63, 3.8) is 0 Å². The third-order valence-electron chi connectivity index (χ3n) is 3.95. The summed E-state index contributed by atoms with van der Waals surface area (Å²) in [6, 6.07) is 8.38. The van der Waals surface area contributed by atoms with Crippen molar-refractivity contribution in [2.45, 2.75) is 33.6 Å². The van der Waals surface area contributed by atoms with E-state index in [-0.39, 0.29) is 5.41 Å². The first kappa shape index (κ1) is 21.3. The summed E-state index contributed by atoms with van der Waals surface area (Å²) in [5.74, 6) is 2.29. The number of thioether (sulfide) groups is 2. The number of thiocarbonyl (C=S) groups is 1. The summed E-state index contributed by atoms with van der Waals surface area (Å²) >= 11 is 9.15. The second kappa shape index (κ2) is 9.81. The largest absolute Gasteiger partial charge is 0.501 e. The molecule has 1 fully saturated rings. The molecule has 0 aliphatic carbocycles. The molecule has 1 aliphatic rings. The molecule has 1 heterocycles. The fourth-order valence-electron chi connectivity index (χ4n) is 2.63. The summed E-state index contributed by atoms with van der Waals surface area (Å²) in [5.41, 5.74) is 2.50. The molecular formula is C20H28N2OS3. The fraction of sp³-hybridized carbons (Fsp3) is 0.500. The van der Waals surface area contributed by atoms with Gasteiger partial charge in [-0.15, -0.1) is 0 Å². The molecule has 0 amide bonds. The van der Waals surface area contributed by atoms with Crippen LogP contribution in [0.3, 0.4) is 0 Å². The Labute approximate surface area is 171 Å². The van der Waals surface area contributed by atoms with Crippen molar-refractivity contribution in [2.24, 2.45) is 10.4 Å². The number of nitrogens with zero attached hydrogens (tertiary/aromatic N) is 2. The number of benzene rings is 1. The molecule has 26 heavy (non-hydrogen) atoms. The van der Waals surface area contributed by atoms with Crippen LogP contribution in [-0.2, 0) is 4.74 Å². The van der Waals surface area contributed by atoms with Gasteiger partial charge in [0.25, 0.3) is 0 Å². The van der Waals surface area contributed by atoms with Gasteiger partial charge in [0.15, 0.2) is 5.17 Å². The van der Waals surface area contributed by atoms with E-state index in [1.165, 1.54) is 11.8 Å². The van der Waals surface area contributed by atoms with Crippen LogP contribution in [0, 0.1) is 5.41 Å². The van der Waals surface area contributed by atoms with Gasteiger partial charge in [-0.25, -0.2) is 4.99 Å². The van der Waals surface area contributed by atoms with Crippen molar-refractivity contribution in [3.05, 3.63) is 42.7 Å². The van der Waals surface area contributed by atoms with Gasteiger partial charge in [0.2, 0.25) is 0 Å². The van der Waals surface area contributed by atoms with Gasteiger partial charge in [-0.2, -0.15) is 0 Å². The molecule has 3 nitrogen and oxygen atoms in total. The molecule has 0 unspecified atom stereocenters. The lowest BCUT2D eigenvalue weighted by atomic mass is 9.96. The lowest BCUT2D eigenvalue weighted by molar-refractivity contribution is 0.274. The van der Waals surface area contributed by atoms with Gasteiger partial charge in [0.05, 0.1) is 18.6 Å². The number of rotatable bonds is 6. The first-order chi connectivity index (χ1) is 12.3. The predicted octanol–water partition coefficient (Wildman–Crippen LogP) is 6.05. The van der Waals surface area contributed by atoms with Crippen LogP contribution < -0.4 is 0 Å². The van der Waals surface area contributed by atoms with Gasteiger partial charge in [-0.1, -0.05) is 88.2 Å². The second-order valence-corrected chi connectivity index (χ2v) is 9.97. The minimum atomic E-state index is 0.198. The van der Waals surface area contributed by atoms with E-state index < -0.39 is 0 Å². The number of aliphatic imine (C=N–C) groups is 1. The first-order valence-corrected chi connectivity index (χ1v) is 11.2. The topological polar surface area (TPSA) is 24.8 Å². The summed E-state index contributed by atoms with van der Waals surface area (Å²) in [5, 5.41) is 1.000. The van der Waals surface area contributed by atoms with E-state index in [4.69, 9.17) is 21.9 Å². The lowest BCUT2D eigenvalue weighted by Gasteiger charge is -2.39. The van der Waals surface area contributed by atoms with Crippen molar-refractivity contribution >= 4 is 50.9 Å². The van der Waals surface area contributed by atoms with E-state index >= 15 is 0 Å². The minimum absolute atomic E-state index is 0.198. The van der Waals surface area contributed by atoms with Crippen molar-refractivity contribution in [2.75, 3.05) is 24.7 Å². The first-order valence-electron chi connectivity index (χ1n) is 8.81. The van der Waals surface area contributed by atoms with Crippen molar-refractivity contribution in [3.8, 4) is 0 Å². The van der Waals surface area contributed by atoms with E-state index in [0.29, 0.717) is 12.5 Å². The van der Waals surface area contributed by atoms with Gasteiger partial charge >= 0.3 is 0 Å². The highest BCUT2D eigenvalue weighted by atomic mass is 32.2. The zero-order valence-electron chi connectivity index (χ0n) is 16.0. The van der Waals surface area contributed by atoms with Crippen LogP contribution in [0.25, 0.3) is 0 Å². The van der Waals surface area contributed by atoms with Crippen LogP contribution in [0.15, 0.2) is 42.1 Å². The maximum absolute atomic E-state index is 5.72. The molecule has 0 aromatic heterocycles. The van der Waals surface area contributed by atoms with Crippen LogP contribution in [0.2, 0.25) is 0 Å². The molecule has 2 rings (SSSR count). The Kier molecular flexibility index (Phi) is 8.05. The molecule has 0 radical (unpaired) electrons. The third-order valence-corrected chi connectivity index (χ3v) is 6.86. The van der Waals surface area contributed by atoms with Gasteiger partial charge in [0, 0.05) is 18.1 Å². The Balaban J connectivity index is 2.24. The normalized spacial score (nSPS) is 18.2. The van der Waals surface area contributed by atoms with Gasteiger partial charge in [-0.05, 0) is 23.0 Å². The van der Waals surface area contributed by atoms with E-state index in [9.17, 15) is 0 Å². The quantitative estimate of drug-likeness (QED) is 0.324. The zero-order chi connectivity index (χ0) is 19.2. The second-order valence-electron chi connectivity index (χ2n) is 7.30. The Morgan fingerprint density at radius 2 is 2.19 bits per heavy atom. The summed E-state index contributed by atoms with van der Waals surface area (Å²) in [6.07, 6.45) is 1.47. The summed E-state index contributed by atoms with van der Waals surface area (Å²) in [6.45, 7) is 14.0. The maximum Gasteiger partial charge on any atom is 0.169 e. The van der Waals surface area contributed by atoms with Gasteiger partial charge < -0.3 is 9.64 Å². The zero-order valence-corrected chi connectivity index (χ0v) is 18.5. The molecule has 1 aromatic rings. The molecule has 0 spiro atoms. The van der Waals surface area contributed by atoms with Crippen LogP contribution in [0.4, 0.5) is 5.69 Å². The molecular weight excluding hydrogens is 380 g/mol. The molecule has 0 bridgehead atoms. The highest BCUT2D eigenvalue weighted by molar-refractivity contribution is 8.23. The summed E-state index contributed by atoms with van der Waals surface area (Å²) in [4.78, 5) is 7.20. The average Bonchev–Trinajstić information content (AvgIpc) is 2.60. The van der Waals surface area contributed by atoms with E-state index in [1.54, 1.807) is 23.5 Å². The smallest absolute Gasteiger partial charge is 0.169 e. The number of hydrogen-bond acceptors (Lipinski definition) is 5. The van der Waals surface area contributed by atoms with Crippen LogP contribution in [0.5, 0.6) is 0 Å². The monoisotopic (exact) mass is 408 g/mol. The molecule has 1 aromatic carbocycles. The fourth-order valence-corrected chi connectivity index (χ4v) is 4.90. The van der Waals surface area contributed by atoms with Gasteiger partial charge in [-0.3, -0.25) is 0 Å². The molecule has 1 aliphatic heterocycles. The number of amidine groups is 1. The molecule has 1 saturated heterocycles. The molecule has 0 N–H and O–H groups in total. The summed E-state index contributed by atoms with van der Waals surface area (Å²) < 4.78 is 6.07.